The van der Waals surface area contributed by atoms with Gasteiger partial charge < -0.3 is 10.6 Å². The summed E-state index contributed by atoms with van der Waals surface area (Å²) in [6, 6.07) is 4.24. The predicted molar refractivity (Wildman–Crippen MR) is 75.4 cm³/mol. The quantitative estimate of drug-likeness (QED) is 0.821. The number of rotatable bonds is 5. The molecule has 1 amide bonds. The standard InChI is InChI=1S/C13H19BrN2O/c1-9-7-10(2)13(11(14)8-9)16-6-4-5-12(17)15-3/h7-8,16H,4-6H2,1-3H3,(H,15,17). The van der Waals surface area contributed by atoms with Gasteiger partial charge in [0.1, 0.15) is 0 Å². The Labute approximate surface area is 111 Å². The van der Waals surface area contributed by atoms with Crippen LogP contribution in [-0.4, -0.2) is 19.5 Å². The van der Waals surface area contributed by atoms with Crippen molar-refractivity contribution < 1.29 is 4.79 Å². The zero-order valence-electron chi connectivity index (χ0n) is 10.6. The molecule has 1 aromatic rings. The van der Waals surface area contributed by atoms with Crippen LogP contribution in [0.1, 0.15) is 24.0 Å². The average Bonchev–Trinajstić information content (AvgIpc) is 2.26. The van der Waals surface area contributed by atoms with Crippen molar-refractivity contribution in [3.05, 3.63) is 27.7 Å². The van der Waals surface area contributed by atoms with Crippen LogP contribution in [0.15, 0.2) is 16.6 Å². The van der Waals surface area contributed by atoms with Crippen LogP contribution in [0, 0.1) is 13.8 Å². The lowest BCUT2D eigenvalue weighted by molar-refractivity contribution is -0.120. The smallest absolute Gasteiger partial charge is 0.219 e. The van der Waals surface area contributed by atoms with Gasteiger partial charge in [0.05, 0.1) is 5.69 Å². The summed E-state index contributed by atoms with van der Waals surface area (Å²) in [5.41, 5.74) is 3.58. The second-order valence-electron chi connectivity index (χ2n) is 4.14. The number of benzene rings is 1. The number of carbonyl (C=O) groups is 1. The van der Waals surface area contributed by atoms with E-state index in [1.165, 1.54) is 11.1 Å². The van der Waals surface area contributed by atoms with Gasteiger partial charge in [-0.3, -0.25) is 4.79 Å². The van der Waals surface area contributed by atoms with Gasteiger partial charge in [-0.25, -0.2) is 0 Å². The normalized spacial score (nSPS) is 10.1. The number of aryl methyl sites for hydroxylation is 2. The minimum absolute atomic E-state index is 0.0893. The number of amides is 1. The van der Waals surface area contributed by atoms with E-state index in [1.54, 1.807) is 7.05 Å². The Morgan fingerprint density at radius 3 is 2.65 bits per heavy atom. The largest absolute Gasteiger partial charge is 0.384 e. The lowest BCUT2D eigenvalue weighted by atomic mass is 10.1. The summed E-state index contributed by atoms with van der Waals surface area (Å²) >= 11 is 3.55. The second kappa shape index (κ2) is 6.64. The van der Waals surface area contributed by atoms with Crippen LogP contribution >= 0.6 is 15.9 Å². The minimum Gasteiger partial charge on any atom is -0.384 e. The van der Waals surface area contributed by atoms with E-state index in [2.05, 4.69) is 52.5 Å². The third kappa shape index (κ3) is 4.38. The monoisotopic (exact) mass is 298 g/mol. The van der Waals surface area contributed by atoms with Gasteiger partial charge in [-0.05, 0) is 53.4 Å². The maximum atomic E-state index is 11.1. The van der Waals surface area contributed by atoms with Crippen molar-refractivity contribution in [2.24, 2.45) is 0 Å². The molecule has 0 aliphatic carbocycles. The first kappa shape index (κ1) is 14.0. The minimum atomic E-state index is 0.0893. The number of halogens is 1. The molecule has 4 heteroatoms. The Hall–Kier alpha value is -1.03. The van der Waals surface area contributed by atoms with Gasteiger partial charge in [-0.2, -0.15) is 0 Å². The van der Waals surface area contributed by atoms with Crippen LogP contribution in [0.2, 0.25) is 0 Å². The van der Waals surface area contributed by atoms with Gasteiger partial charge in [0.25, 0.3) is 0 Å². The second-order valence-corrected chi connectivity index (χ2v) is 5.00. The van der Waals surface area contributed by atoms with E-state index in [-0.39, 0.29) is 5.91 Å². The molecule has 0 spiro atoms. The maximum Gasteiger partial charge on any atom is 0.219 e. The molecule has 0 radical (unpaired) electrons. The molecule has 1 aromatic carbocycles. The Kier molecular flexibility index (Phi) is 5.48. The number of hydrogen-bond acceptors (Lipinski definition) is 2. The van der Waals surface area contributed by atoms with Crippen LogP contribution in [0.3, 0.4) is 0 Å². The van der Waals surface area contributed by atoms with Gasteiger partial charge in [0.2, 0.25) is 5.91 Å². The molecular formula is C13H19BrN2O. The molecule has 1 rings (SSSR count). The summed E-state index contributed by atoms with van der Waals surface area (Å²) in [6.07, 6.45) is 1.39. The number of carbonyl (C=O) groups excluding carboxylic acids is 1. The molecule has 0 aliphatic heterocycles. The zero-order chi connectivity index (χ0) is 12.8. The predicted octanol–water partition coefficient (Wildman–Crippen LogP) is 3.00. The van der Waals surface area contributed by atoms with Crippen LogP contribution in [0.5, 0.6) is 0 Å². The summed E-state index contributed by atoms with van der Waals surface area (Å²) in [5, 5.41) is 5.98. The van der Waals surface area contributed by atoms with E-state index in [0.717, 1.165) is 23.1 Å². The molecule has 3 nitrogen and oxygen atoms in total. The van der Waals surface area contributed by atoms with Crippen molar-refractivity contribution in [1.29, 1.82) is 0 Å². The average molecular weight is 299 g/mol. The molecule has 0 bridgehead atoms. The molecule has 17 heavy (non-hydrogen) atoms. The molecule has 0 aliphatic rings. The highest BCUT2D eigenvalue weighted by Crippen LogP contribution is 2.27. The van der Waals surface area contributed by atoms with E-state index >= 15 is 0 Å². The van der Waals surface area contributed by atoms with Crippen molar-refractivity contribution >= 4 is 27.5 Å². The first-order valence-corrected chi connectivity index (χ1v) is 6.55. The summed E-state index contributed by atoms with van der Waals surface area (Å²) in [4.78, 5) is 11.1. The van der Waals surface area contributed by atoms with Crippen LogP contribution in [0.25, 0.3) is 0 Å². The Bertz CT molecular complexity index is 381. The number of hydrogen-bond donors (Lipinski definition) is 2. The first-order valence-electron chi connectivity index (χ1n) is 5.75. The molecule has 94 valence electrons. The lowest BCUT2D eigenvalue weighted by Crippen LogP contribution is -2.18. The van der Waals surface area contributed by atoms with Crippen molar-refractivity contribution in [2.75, 3.05) is 18.9 Å². The summed E-state index contributed by atoms with van der Waals surface area (Å²) in [6.45, 7) is 4.96. The fourth-order valence-corrected chi connectivity index (χ4v) is 2.54. The zero-order valence-corrected chi connectivity index (χ0v) is 12.1. The van der Waals surface area contributed by atoms with Crippen molar-refractivity contribution in [3.63, 3.8) is 0 Å². The fourth-order valence-electron chi connectivity index (χ4n) is 1.73. The molecule has 0 saturated carbocycles. The fraction of sp³-hybridized carbons (Fsp3) is 0.462. The Balaban J connectivity index is 2.50. The first-order chi connectivity index (χ1) is 8.04. The van der Waals surface area contributed by atoms with E-state index in [9.17, 15) is 4.79 Å². The van der Waals surface area contributed by atoms with Crippen molar-refractivity contribution in [3.8, 4) is 0 Å². The highest BCUT2D eigenvalue weighted by molar-refractivity contribution is 9.10. The number of nitrogens with one attached hydrogen (secondary N) is 2. The summed E-state index contributed by atoms with van der Waals surface area (Å²) < 4.78 is 1.08. The van der Waals surface area contributed by atoms with E-state index in [4.69, 9.17) is 0 Å². The van der Waals surface area contributed by atoms with Crippen molar-refractivity contribution in [2.45, 2.75) is 26.7 Å². The maximum absolute atomic E-state index is 11.1. The number of anilines is 1. The molecule has 0 fully saturated rings. The third-order valence-corrected chi connectivity index (χ3v) is 3.22. The SMILES string of the molecule is CNC(=O)CCCNc1c(C)cc(C)cc1Br. The Morgan fingerprint density at radius 1 is 1.35 bits per heavy atom. The highest BCUT2D eigenvalue weighted by atomic mass is 79.9. The molecule has 2 N–H and O–H groups in total. The molecule has 0 saturated heterocycles. The van der Waals surface area contributed by atoms with Crippen LogP contribution in [0.4, 0.5) is 5.69 Å². The molecule has 0 heterocycles. The van der Waals surface area contributed by atoms with Gasteiger partial charge in [0.15, 0.2) is 0 Å². The van der Waals surface area contributed by atoms with Crippen molar-refractivity contribution in [1.82, 2.24) is 5.32 Å². The Morgan fingerprint density at radius 2 is 2.06 bits per heavy atom. The van der Waals surface area contributed by atoms with Gasteiger partial charge >= 0.3 is 0 Å². The molecule has 0 unspecified atom stereocenters. The van der Waals surface area contributed by atoms with Gasteiger partial charge in [-0.15, -0.1) is 0 Å². The van der Waals surface area contributed by atoms with Crippen LogP contribution in [-0.2, 0) is 4.79 Å². The molecular weight excluding hydrogens is 280 g/mol. The van der Waals surface area contributed by atoms with E-state index in [1.807, 2.05) is 0 Å². The lowest BCUT2D eigenvalue weighted by Gasteiger charge is -2.12. The highest BCUT2D eigenvalue weighted by Gasteiger charge is 2.04. The molecule has 0 aromatic heterocycles. The van der Waals surface area contributed by atoms with E-state index < -0.39 is 0 Å². The van der Waals surface area contributed by atoms with Crippen LogP contribution < -0.4 is 10.6 Å². The topological polar surface area (TPSA) is 41.1 Å². The van der Waals surface area contributed by atoms with Gasteiger partial charge in [-0.1, -0.05) is 6.07 Å². The van der Waals surface area contributed by atoms with Gasteiger partial charge in [0, 0.05) is 24.5 Å². The summed E-state index contributed by atoms with van der Waals surface area (Å²) in [5.74, 6) is 0.0893. The molecule has 0 atom stereocenters. The third-order valence-electron chi connectivity index (χ3n) is 2.59. The summed E-state index contributed by atoms with van der Waals surface area (Å²) in [7, 11) is 1.66. The van der Waals surface area contributed by atoms with E-state index in [0.29, 0.717) is 6.42 Å².